The Hall–Kier alpha value is -0.790. The minimum Gasteiger partial charge on any atom is -0.512 e. The summed E-state index contributed by atoms with van der Waals surface area (Å²) in [7, 11) is 0. The fourth-order valence-corrected chi connectivity index (χ4v) is 0.294. The number of rotatable bonds is 1. The van der Waals surface area contributed by atoms with Crippen LogP contribution >= 0.6 is 0 Å². The van der Waals surface area contributed by atoms with E-state index in [-0.39, 0.29) is 11.5 Å². The molecule has 0 radical (unpaired) electrons. The summed E-state index contributed by atoms with van der Waals surface area (Å²) in [5.74, 6) is -0.0625. The number of ketones is 1. The highest BCUT2D eigenvalue weighted by Gasteiger charge is 1.82. The Bertz CT molecular complexity index is 98.6. The first-order valence-electron chi connectivity index (χ1n) is 2.01. The maximum absolute atomic E-state index is 10.0. The zero-order chi connectivity index (χ0) is 5.86. The normalized spacial score (nSPS) is 11.4. The molecule has 2 nitrogen and oxygen atoms in total. The smallest absolute Gasteiger partial charge is 0.155 e. The van der Waals surface area contributed by atoms with Crippen LogP contribution in [0.15, 0.2) is 11.8 Å². The molecule has 0 amide bonds. The van der Waals surface area contributed by atoms with Gasteiger partial charge >= 0.3 is 0 Å². The van der Waals surface area contributed by atoms with E-state index in [0.717, 1.165) is 0 Å². The highest BCUT2D eigenvalue weighted by molar-refractivity contribution is 5.87. The monoisotopic (exact) mass is 100 g/mol. The second-order valence-electron chi connectivity index (χ2n) is 1.40. The van der Waals surface area contributed by atoms with Gasteiger partial charge < -0.3 is 5.11 Å². The third-order valence-electron chi connectivity index (χ3n) is 0.412. The van der Waals surface area contributed by atoms with Gasteiger partial charge in [0.2, 0.25) is 0 Å². The molecule has 0 unspecified atom stereocenters. The molecule has 1 N–H and O–H groups in total. The molecule has 0 spiro atoms. The molecule has 0 aromatic rings. The van der Waals surface area contributed by atoms with E-state index < -0.39 is 0 Å². The van der Waals surface area contributed by atoms with Crippen LogP contribution in [0.3, 0.4) is 0 Å². The van der Waals surface area contributed by atoms with Crippen molar-refractivity contribution in [2.75, 3.05) is 0 Å². The van der Waals surface area contributed by atoms with E-state index in [1.807, 2.05) is 0 Å². The van der Waals surface area contributed by atoms with Crippen molar-refractivity contribution in [1.82, 2.24) is 0 Å². The molecule has 40 valence electrons. The molecule has 0 bridgehead atoms. The molecule has 0 aliphatic heterocycles. The van der Waals surface area contributed by atoms with Gasteiger partial charge in [-0.05, 0) is 13.8 Å². The number of carbonyl (C=O) groups excluding carboxylic acids is 1. The van der Waals surface area contributed by atoms with E-state index in [2.05, 4.69) is 0 Å². The third kappa shape index (κ3) is 5.21. The summed E-state index contributed by atoms with van der Waals surface area (Å²) in [4.78, 5) is 10.0. The molecule has 0 aromatic carbocycles. The maximum atomic E-state index is 10.0. The Kier molecular flexibility index (Phi) is 2.12. The van der Waals surface area contributed by atoms with Gasteiger partial charge in [0.05, 0.1) is 5.76 Å². The predicted octanol–water partition coefficient (Wildman–Crippen LogP) is 1.04. The highest BCUT2D eigenvalue weighted by Crippen LogP contribution is 1.82. The summed E-state index contributed by atoms with van der Waals surface area (Å²) >= 11 is 0. The Morgan fingerprint density at radius 1 is 1.57 bits per heavy atom. The van der Waals surface area contributed by atoms with Gasteiger partial charge in [-0.1, -0.05) is 0 Å². The molecular formula is C5H8O2. The molecule has 0 saturated carbocycles. The standard InChI is InChI=1S/C5H8O2/c1-4(6)3-5(2)7/h3,6H,1-2H3. The molecular weight excluding hydrogens is 92.1 g/mol. The molecule has 0 aromatic heterocycles. The van der Waals surface area contributed by atoms with Gasteiger partial charge in [0.25, 0.3) is 0 Å². The topological polar surface area (TPSA) is 37.3 Å². The van der Waals surface area contributed by atoms with Crippen LogP contribution in [-0.4, -0.2) is 10.9 Å². The molecule has 0 fully saturated rings. The van der Waals surface area contributed by atoms with Gasteiger partial charge in [-0.25, -0.2) is 0 Å². The van der Waals surface area contributed by atoms with Crippen LogP contribution in [0.5, 0.6) is 0 Å². The van der Waals surface area contributed by atoms with Crippen molar-refractivity contribution >= 4 is 5.78 Å². The first-order valence-corrected chi connectivity index (χ1v) is 2.01. The summed E-state index contributed by atoms with van der Waals surface area (Å²) in [5.41, 5.74) is 0. The van der Waals surface area contributed by atoms with Crippen molar-refractivity contribution in [3.05, 3.63) is 11.8 Å². The number of allylic oxidation sites excluding steroid dienone is 2. The molecule has 7 heavy (non-hydrogen) atoms. The van der Waals surface area contributed by atoms with E-state index in [4.69, 9.17) is 5.11 Å². The number of carbonyl (C=O) groups is 1. The van der Waals surface area contributed by atoms with Crippen LogP contribution in [0.4, 0.5) is 0 Å². The summed E-state index contributed by atoms with van der Waals surface area (Å²) < 4.78 is 0. The molecule has 0 atom stereocenters. The predicted molar refractivity (Wildman–Crippen MR) is 27.1 cm³/mol. The maximum Gasteiger partial charge on any atom is 0.155 e. The van der Waals surface area contributed by atoms with Crippen molar-refractivity contribution in [2.45, 2.75) is 13.8 Å². The fourth-order valence-electron chi connectivity index (χ4n) is 0.294. The van der Waals surface area contributed by atoms with E-state index >= 15 is 0 Å². The minimum absolute atomic E-state index is 0.0625. The second-order valence-corrected chi connectivity index (χ2v) is 1.40. The molecule has 0 aliphatic rings. The molecule has 0 aliphatic carbocycles. The average molecular weight is 100 g/mol. The lowest BCUT2D eigenvalue weighted by Crippen LogP contribution is -1.82. The lowest BCUT2D eigenvalue weighted by Gasteiger charge is -1.80. The van der Waals surface area contributed by atoms with Gasteiger partial charge in [-0.15, -0.1) is 0 Å². The summed E-state index contributed by atoms with van der Waals surface area (Å²) in [6.45, 7) is 2.85. The summed E-state index contributed by atoms with van der Waals surface area (Å²) in [6.07, 6.45) is 1.17. The number of aliphatic hydroxyl groups excluding tert-OH is 1. The Balaban J connectivity index is 3.68. The van der Waals surface area contributed by atoms with Crippen LogP contribution in [0.2, 0.25) is 0 Å². The first-order chi connectivity index (χ1) is 3.13. The Labute approximate surface area is 42.5 Å². The molecule has 2 heteroatoms. The SMILES string of the molecule is CC(=O)C=C(C)O. The van der Waals surface area contributed by atoms with Crippen molar-refractivity contribution in [3.63, 3.8) is 0 Å². The fraction of sp³-hybridized carbons (Fsp3) is 0.400. The van der Waals surface area contributed by atoms with Crippen molar-refractivity contribution < 1.29 is 9.90 Å². The molecule has 0 saturated heterocycles. The van der Waals surface area contributed by atoms with Gasteiger partial charge in [-0.3, -0.25) is 4.79 Å². The van der Waals surface area contributed by atoms with Crippen LogP contribution in [0.1, 0.15) is 13.8 Å². The summed E-state index contributed by atoms with van der Waals surface area (Å²) in [6, 6.07) is 0. The lowest BCUT2D eigenvalue weighted by molar-refractivity contribution is -0.112. The third-order valence-corrected chi connectivity index (χ3v) is 0.412. The quantitative estimate of drug-likeness (QED) is 0.395. The van der Waals surface area contributed by atoms with Crippen molar-refractivity contribution in [1.29, 1.82) is 0 Å². The highest BCUT2D eigenvalue weighted by atomic mass is 16.3. The Morgan fingerprint density at radius 2 is 2.00 bits per heavy atom. The van der Waals surface area contributed by atoms with Crippen LogP contribution in [-0.2, 0) is 4.79 Å². The van der Waals surface area contributed by atoms with Gasteiger partial charge in [-0.2, -0.15) is 0 Å². The van der Waals surface area contributed by atoms with Crippen molar-refractivity contribution in [2.24, 2.45) is 0 Å². The number of hydrogen-bond acceptors (Lipinski definition) is 2. The molecule has 0 heterocycles. The van der Waals surface area contributed by atoms with Crippen LogP contribution < -0.4 is 0 Å². The van der Waals surface area contributed by atoms with Crippen LogP contribution in [0.25, 0.3) is 0 Å². The average Bonchev–Trinajstić information content (AvgIpc) is 1.27. The number of aliphatic hydroxyl groups is 1. The number of hydrogen-bond donors (Lipinski definition) is 1. The van der Waals surface area contributed by atoms with E-state index in [1.165, 1.54) is 19.9 Å². The van der Waals surface area contributed by atoms with Gasteiger partial charge in [0.15, 0.2) is 5.78 Å². The largest absolute Gasteiger partial charge is 0.512 e. The van der Waals surface area contributed by atoms with Gasteiger partial charge in [0, 0.05) is 6.08 Å². The zero-order valence-corrected chi connectivity index (χ0v) is 4.43. The van der Waals surface area contributed by atoms with Crippen LogP contribution in [0, 0.1) is 0 Å². The first kappa shape index (κ1) is 6.21. The molecule has 0 rings (SSSR count). The second kappa shape index (κ2) is 2.39. The van der Waals surface area contributed by atoms with E-state index in [1.54, 1.807) is 0 Å². The van der Waals surface area contributed by atoms with Gasteiger partial charge in [0.1, 0.15) is 0 Å². The lowest BCUT2D eigenvalue weighted by atomic mass is 10.4. The summed E-state index contributed by atoms with van der Waals surface area (Å²) in [5, 5.41) is 8.36. The van der Waals surface area contributed by atoms with E-state index in [9.17, 15) is 4.79 Å². The zero-order valence-electron chi connectivity index (χ0n) is 4.43. The van der Waals surface area contributed by atoms with Crippen molar-refractivity contribution in [3.8, 4) is 0 Å². The van der Waals surface area contributed by atoms with E-state index in [0.29, 0.717) is 0 Å². The minimum atomic E-state index is -0.125. The Morgan fingerprint density at radius 3 is 2.00 bits per heavy atom.